The molecule has 0 bridgehead atoms. The third kappa shape index (κ3) is 3.89. The van der Waals surface area contributed by atoms with Crippen LogP contribution in [0.1, 0.15) is 29.9 Å². The zero-order valence-electron chi connectivity index (χ0n) is 8.64. The molecule has 2 nitrogen and oxygen atoms in total. The summed E-state index contributed by atoms with van der Waals surface area (Å²) in [5.74, 6) is 0.535. The Labute approximate surface area is 111 Å². The van der Waals surface area contributed by atoms with E-state index in [0.29, 0.717) is 5.92 Å². The van der Waals surface area contributed by atoms with Gasteiger partial charge in [0, 0.05) is 11.0 Å². The molecular formula is C10H13Br2NOS. The molecule has 1 N–H and O–H groups in total. The molecule has 1 unspecified atom stereocenters. The number of hydrogen-bond acceptors (Lipinski definition) is 2. The van der Waals surface area contributed by atoms with Gasteiger partial charge in [0.2, 0.25) is 0 Å². The molecule has 84 valence electrons. The Morgan fingerprint density at radius 2 is 2.27 bits per heavy atom. The minimum Gasteiger partial charge on any atom is -0.351 e. The molecule has 0 aliphatic carbocycles. The monoisotopic (exact) mass is 353 g/mol. The number of rotatable bonds is 4. The molecule has 1 aromatic heterocycles. The molecule has 1 amide bonds. The molecule has 15 heavy (non-hydrogen) atoms. The van der Waals surface area contributed by atoms with Crippen molar-refractivity contribution < 1.29 is 4.79 Å². The standard InChI is InChI=1S/C10H13Br2NOS/c1-3-6(2)5-13-10(14)8-4-7(11)9(12)15-8/h4,6H,3,5H2,1-2H3,(H,13,14). The van der Waals surface area contributed by atoms with Crippen molar-refractivity contribution in [2.75, 3.05) is 6.54 Å². The summed E-state index contributed by atoms with van der Waals surface area (Å²) in [5, 5.41) is 2.92. The lowest BCUT2D eigenvalue weighted by Crippen LogP contribution is -2.27. The highest BCUT2D eigenvalue weighted by Crippen LogP contribution is 2.32. The second-order valence-corrected chi connectivity index (χ2v) is 6.68. The Hall–Kier alpha value is 0.130. The number of thiophene rings is 1. The van der Waals surface area contributed by atoms with E-state index in [0.717, 1.165) is 26.1 Å². The van der Waals surface area contributed by atoms with Gasteiger partial charge in [-0.05, 0) is 43.8 Å². The van der Waals surface area contributed by atoms with Gasteiger partial charge in [-0.2, -0.15) is 0 Å². The van der Waals surface area contributed by atoms with Crippen LogP contribution in [0.15, 0.2) is 14.3 Å². The maximum absolute atomic E-state index is 11.7. The largest absolute Gasteiger partial charge is 0.351 e. The summed E-state index contributed by atoms with van der Waals surface area (Å²) < 4.78 is 1.89. The lowest BCUT2D eigenvalue weighted by Gasteiger charge is -2.08. The van der Waals surface area contributed by atoms with Gasteiger partial charge in [-0.3, -0.25) is 4.79 Å². The number of halogens is 2. The third-order valence-corrected chi connectivity index (χ3v) is 5.43. The molecule has 1 rings (SSSR count). The van der Waals surface area contributed by atoms with Gasteiger partial charge in [0.25, 0.3) is 5.91 Å². The van der Waals surface area contributed by atoms with Gasteiger partial charge in [-0.25, -0.2) is 0 Å². The quantitative estimate of drug-likeness (QED) is 0.868. The first-order chi connectivity index (χ1) is 7.04. The summed E-state index contributed by atoms with van der Waals surface area (Å²) in [6.07, 6.45) is 1.08. The first kappa shape index (κ1) is 13.2. The highest BCUT2D eigenvalue weighted by Gasteiger charge is 2.12. The molecule has 0 aliphatic rings. The molecule has 0 saturated carbocycles. The maximum Gasteiger partial charge on any atom is 0.261 e. The Morgan fingerprint density at radius 1 is 1.60 bits per heavy atom. The van der Waals surface area contributed by atoms with Gasteiger partial charge in [0.1, 0.15) is 0 Å². The van der Waals surface area contributed by atoms with Gasteiger partial charge < -0.3 is 5.32 Å². The van der Waals surface area contributed by atoms with Gasteiger partial charge in [-0.15, -0.1) is 11.3 Å². The Kier molecular flexibility index (Phi) is 5.29. The fourth-order valence-corrected chi connectivity index (χ4v) is 2.91. The van der Waals surface area contributed by atoms with Crippen LogP contribution in [0.4, 0.5) is 0 Å². The lowest BCUT2D eigenvalue weighted by atomic mass is 10.1. The van der Waals surface area contributed by atoms with Crippen molar-refractivity contribution in [2.24, 2.45) is 5.92 Å². The van der Waals surface area contributed by atoms with Crippen LogP contribution in [-0.4, -0.2) is 12.5 Å². The van der Waals surface area contributed by atoms with Gasteiger partial charge in [-0.1, -0.05) is 20.3 Å². The van der Waals surface area contributed by atoms with Crippen LogP contribution in [0.3, 0.4) is 0 Å². The van der Waals surface area contributed by atoms with Crippen molar-refractivity contribution in [3.05, 3.63) is 19.2 Å². The summed E-state index contributed by atoms with van der Waals surface area (Å²) in [4.78, 5) is 12.4. The van der Waals surface area contributed by atoms with E-state index < -0.39 is 0 Å². The molecule has 0 fully saturated rings. The van der Waals surface area contributed by atoms with Crippen molar-refractivity contribution in [3.8, 4) is 0 Å². The average Bonchev–Trinajstić information content (AvgIpc) is 2.55. The van der Waals surface area contributed by atoms with Crippen molar-refractivity contribution >= 4 is 49.1 Å². The number of hydrogen-bond donors (Lipinski definition) is 1. The van der Waals surface area contributed by atoms with E-state index in [9.17, 15) is 4.79 Å². The maximum atomic E-state index is 11.7. The summed E-state index contributed by atoms with van der Waals surface area (Å²) >= 11 is 8.17. The Balaban J connectivity index is 2.54. The lowest BCUT2D eigenvalue weighted by molar-refractivity contribution is 0.0952. The number of carbonyl (C=O) groups is 1. The van der Waals surface area contributed by atoms with E-state index in [4.69, 9.17) is 0 Å². The van der Waals surface area contributed by atoms with E-state index in [1.165, 1.54) is 11.3 Å². The number of nitrogens with one attached hydrogen (secondary N) is 1. The summed E-state index contributed by atoms with van der Waals surface area (Å²) in [5.41, 5.74) is 0. The molecule has 0 aliphatic heterocycles. The van der Waals surface area contributed by atoms with Crippen molar-refractivity contribution in [1.82, 2.24) is 5.32 Å². The van der Waals surface area contributed by atoms with Crippen LogP contribution in [0, 0.1) is 5.92 Å². The van der Waals surface area contributed by atoms with Crippen LogP contribution in [-0.2, 0) is 0 Å². The summed E-state index contributed by atoms with van der Waals surface area (Å²) in [7, 11) is 0. The zero-order valence-corrected chi connectivity index (χ0v) is 12.6. The van der Waals surface area contributed by atoms with E-state index in [1.807, 2.05) is 6.07 Å². The van der Waals surface area contributed by atoms with E-state index in [2.05, 4.69) is 51.0 Å². The minimum absolute atomic E-state index is 0.00620. The van der Waals surface area contributed by atoms with Crippen LogP contribution in [0.25, 0.3) is 0 Å². The first-order valence-electron chi connectivity index (χ1n) is 4.77. The fraction of sp³-hybridized carbons (Fsp3) is 0.500. The fourth-order valence-electron chi connectivity index (χ4n) is 0.957. The minimum atomic E-state index is 0.00620. The predicted molar refractivity (Wildman–Crippen MR) is 71.5 cm³/mol. The van der Waals surface area contributed by atoms with Crippen LogP contribution >= 0.6 is 43.2 Å². The Bertz CT molecular complexity index is 332. The van der Waals surface area contributed by atoms with Crippen LogP contribution in [0.5, 0.6) is 0 Å². The van der Waals surface area contributed by atoms with Crippen molar-refractivity contribution in [3.63, 3.8) is 0 Å². The van der Waals surface area contributed by atoms with Crippen molar-refractivity contribution in [2.45, 2.75) is 20.3 Å². The zero-order chi connectivity index (χ0) is 11.4. The second-order valence-electron chi connectivity index (χ2n) is 3.46. The van der Waals surface area contributed by atoms with Gasteiger partial charge >= 0.3 is 0 Å². The van der Waals surface area contributed by atoms with Crippen molar-refractivity contribution in [1.29, 1.82) is 0 Å². The molecular weight excluding hydrogens is 342 g/mol. The average molecular weight is 355 g/mol. The van der Waals surface area contributed by atoms with Gasteiger partial charge in [0.05, 0.1) is 8.66 Å². The molecule has 1 heterocycles. The van der Waals surface area contributed by atoms with E-state index in [1.54, 1.807) is 0 Å². The summed E-state index contributed by atoms with van der Waals surface area (Å²) in [6, 6.07) is 1.83. The molecule has 0 radical (unpaired) electrons. The number of amides is 1. The highest BCUT2D eigenvalue weighted by atomic mass is 79.9. The van der Waals surface area contributed by atoms with Crippen LogP contribution in [0.2, 0.25) is 0 Å². The normalized spacial score (nSPS) is 12.5. The topological polar surface area (TPSA) is 29.1 Å². The highest BCUT2D eigenvalue weighted by molar-refractivity contribution is 9.13. The predicted octanol–water partition coefficient (Wildman–Crippen LogP) is 4.05. The molecule has 1 atom stereocenters. The van der Waals surface area contributed by atoms with E-state index in [-0.39, 0.29) is 5.91 Å². The number of carbonyl (C=O) groups excluding carboxylic acids is 1. The smallest absolute Gasteiger partial charge is 0.261 e. The molecule has 1 aromatic rings. The van der Waals surface area contributed by atoms with Gasteiger partial charge in [0.15, 0.2) is 0 Å². The third-order valence-electron chi connectivity index (χ3n) is 2.18. The van der Waals surface area contributed by atoms with E-state index >= 15 is 0 Å². The Morgan fingerprint density at radius 3 is 2.73 bits per heavy atom. The SMILES string of the molecule is CCC(C)CNC(=O)c1cc(Br)c(Br)s1. The molecule has 5 heteroatoms. The van der Waals surface area contributed by atoms with Crippen LogP contribution < -0.4 is 5.32 Å². The summed E-state index contributed by atoms with van der Waals surface area (Å²) in [6.45, 7) is 4.98. The molecule has 0 spiro atoms. The second kappa shape index (κ2) is 6.01. The first-order valence-corrected chi connectivity index (χ1v) is 7.17. The molecule has 0 saturated heterocycles. The molecule has 0 aromatic carbocycles.